The molecule has 21 heavy (non-hydrogen) atoms. The molecule has 0 spiro atoms. The van der Waals surface area contributed by atoms with Gasteiger partial charge in [0.25, 0.3) is 0 Å². The number of pyridine rings is 1. The Kier molecular flexibility index (Phi) is 3.10. The van der Waals surface area contributed by atoms with Crippen LogP contribution in [0, 0.1) is 0 Å². The highest BCUT2D eigenvalue weighted by Crippen LogP contribution is 2.35. The number of aromatic nitrogens is 1. The van der Waals surface area contributed by atoms with Crippen LogP contribution in [0.15, 0.2) is 6.07 Å². The predicted octanol–water partition coefficient (Wildman–Crippen LogP) is 2.03. The molecule has 1 N–H and O–H groups in total. The van der Waals surface area contributed by atoms with Gasteiger partial charge in [0.15, 0.2) is 0 Å². The van der Waals surface area contributed by atoms with Gasteiger partial charge in [-0.15, -0.1) is 0 Å². The summed E-state index contributed by atoms with van der Waals surface area (Å²) in [5, 5.41) is 9.57. The number of hydrogen-bond donors (Lipinski definition) is 1. The molecule has 5 nitrogen and oxygen atoms in total. The molecule has 1 aromatic heterocycles. The van der Waals surface area contributed by atoms with Crippen LogP contribution in [0.4, 0.5) is 5.82 Å². The van der Waals surface area contributed by atoms with E-state index in [9.17, 15) is 9.90 Å². The van der Waals surface area contributed by atoms with Gasteiger partial charge in [-0.25, -0.2) is 9.78 Å². The predicted molar refractivity (Wildman–Crippen MR) is 77.9 cm³/mol. The van der Waals surface area contributed by atoms with Gasteiger partial charge < -0.3 is 14.7 Å². The summed E-state index contributed by atoms with van der Waals surface area (Å²) in [5.74, 6) is -0.198. The van der Waals surface area contributed by atoms with Gasteiger partial charge in [0, 0.05) is 12.2 Å². The average molecular weight is 288 g/mol. The fourth-order valence-electron chi connectivity index (χ4n) is 4.03. The maximum absolute atomic E-state index is 11.7. The number of rotatable bonds is 2. The Bertz CT molecular complexity index is 587. The summed E-state index contributed by atoms with van der Waals surface area (Å²) >= 11 is 0. The summed E-state index contributed by atoms with van der Waals surface area (Å²) in [7, 11) is 0. The minimum Gasteiger partial charge on any atom is -0.478 e. The minimum atomic E-state index is -0.867. The molecule has 0 radical (unpaired) electrons. The summed E-state index contributed by atoms with van der Waals surface area (Å²) < 4.78 is 5.83. The Morgan fingerprint density at radius 1 is 1.33 bits per heavy atom. The first-order valence-electron chi connectivity index (χ1n) is 7.88. The van der Waals surface area contributed by atoms with Crippen molar-refractivity contribution in [1.82, 2.24) is 4.98 Å². The van der Waals surface area contributed by atoms with E-state index in [2.05, 4.69) is 4.90 Å². The zero-order valence-corrected chi connectivity index (χ0v) is 12.0. The third-order valence-corrected chi connectivity index (χ3v) is 5.02. The van der Waals surface area contributed by atoms with E-state index in [-0.39, 0.29) is 6.10 Å². The lowest BCUT2D eigenvalue weighted by atomic mass is 10.1. The third kappa shape index (κ3) is 2.11. The Morgan fingerprint density at radius 3 is 3.10 bits per heavy atom. The third-order valence-electron chi connectivity index (χ3n) is 5.02. The van der Waals surface area contributed by atoms with Crippen molar-refractivity contribution in [2.75, 3.05) is 18.1 Å². The number of aryl methyl sites for hydroxylation is 2. The van der Waals surface area contributed by atoms with Crippen molar-refractivity contribution in [1.29, 1.82) is 0 Å². The van der Waals surface area contributed by atoms with Gasteiger partial charge in [-0.05, 0) is 50.2 Å². The first-order chi connectivity index (χ1) is 10.2. The highest BCUT2D eigenvalue weighted by Gasteiger charge is 2.38. The number of carboxylic acids is 1. The summed E-state index contributed by atoms with van der Waals surface area (Å²) in [4.78, 5) is 18.6. The number of carbonyl (C=O) groups is 1. The van der Waals surface area contributed by atoms with E-state index < -0.39 is 5.97 Å². The summed E-state index contributed by atoms with van der Waals surface area (Å²) in [6, 6.07) is 2.15. The van der Waals surface area contributed by atoms with Crippen molar-refractivity contribution < 1.29 is 14.6 Å². The molecule has 1 aromatic rings. The number of aromatic carboxylic acids is 1. The molecule has 2 atom stereocenters. The molecule has 0 aromatic carbocycles. The summed E-state index contributed by atoms with van der Waals surface area (Å²) in [6.07, 6.45) is 6.56. The molecule has 112 valence electrons. The fraction of sp³-hybridized carbons (Fsp3) is 0.625. The van der Waals surface area contributed by atoms with Crippen molar-refractivity contribution in [2.45, 2.75) is 50.7 Å². The van der Waals surface area contributed by atoms with E-state index in [1.807, 2.05) is 6.07 Å². The molecule has 2 aliphatic carbocycles. The van der Waals surface area contributed by atoms with E-state index in [0.717, 1.165) is 56.3 Å². The van der Waals surface area contributed by atoms with Crippen LogP contribution >= 0.6 is 0 Å². The van der Waals surface area contributed by atoms with Crippen LogP contribution in [-0.2, 0) is 17.6 Å². The lowest BCUT2D eigenvalue weighted by Gasteiger charge is -2.39. The zero-order valence-electron chi connectivity index (χ0n) is 12.0. The second-order valence-corrected chi connectivity index (χ2v) is 6.22. The highest BCUT2D eigenvalue weighted by molar-refractivity contribution is 5.94. The number of ether oxygens (including phenoxy) is 1. The van der Waals surface area contributed by atoms with Crippen molar-refractivity contribution in [3.63, 3.8) is 0 Å². The number of morpholine rings is 1. The Morgan fingerprint density at radius 2 is 2.24 bits per heavy atom. The van der Waals surface area contributed by atoms with Crippen LogP contribution < -0.4 is 4.90 Å². The first kappa shape index (κ1) is 13.1. The summed E-state index contributed by atoms with van der Waals surface area (Å²) in [6.45, 7) is 1.41. The highest BCUT2D eigenvalue weighted by atomic mass is 16.5. The second-order valence-electron chi connectivity index (χ2n) is 6.22. The van der Waals surface area contributed by atoms with E-state index in [1.165, 1.54) is 0 Å². The Hall–Kier alpha value is -1.62. The first-order valence-corrected chi connectivity index (χ1v) is 7.88. The molecule has 0 amide bonds. The topological polar surface area (TPSA) is 62.7 Å². The maximum Gasteiger partial charge on any atom is 0.339 e. The smallest absolute Gasteiger partial charge is 0.339 e. The quantitative estimate of drug-likeness (QED) is 0.902. The van der Waals surface area contributed by atoms with Crippen LogP contribution in [0.1, 0.15) is 47.3 Å². The van der Waals surface area contributed by atoms with Crippen LogP contribution in [-0.4, -0.2) is 41.4 Å². The van der Waals surface area contributed by atoms with E-state index in [4.69, 9.17) is 9.72 Å². The lowest BCUT2D eigenvalue weighted by Crippen LogP contribution is -2.49. The molecule has 2 unspecified atom stereocenters. The van der Waals surface area contributed by atoms with Crippen LogP contribution in [0.5, 0.6) is 0 Å². The van der Waals surface area contributed by atoms with Gasteiger partial charge in [-0.2, -0.15) is 0 Å². The number of anilines is 1. The molecular weight excluding hydrogens is 268 g/mol. The normalized spacial score (nSPS) is 27.5. The Labute approximate surface area is 123 Å². The molecule has 3 aliphatic rings. The van der Waals surface area contributed by atoms with E-state index in [0.29, 0.717) is 24.0 Å². The fourth-order valence-corrected chi connectivity index (χ4v) is 4.03. The van der Waals surface area contributed by atoms with Gasteiger partial charge in [-0.1, -0.05) is 0 Å². The van der Waals surface area contributed by atoms with Gasteiger partial charge >= 0.3 is 5.97 Å². The molecule has 1 saturated carbocycles. The monoisotopic (exact) mass is 288 g/mol. The number of nitrogens with zero attached hydrogens (tertiary/aromatic N) is 2. The maximum atomic E-state index is 11.7. The SMILES string of the molecule is O=C(O)c1cc2c(nc1N1CCOC3CCCC31)CCC2. The van der Waals surface area contributed by atoms with Gasteiger partial charge in [0.1, 0.15) is 11.4 Å². The molecule has 5 heteroatoms. The largest absolute Gasteiger partial charge is 0.478 e. The molecule has 4 rings (SSSR count). The molecule has 1 aliphatic heterocycles. The van der Waals surface area contributed by atoms with E-state index >= 15 is 0 Å². The standard InChI is InChI=1S/C16H20N2O3/c19-16(20)11-9-10-3-1-4-12(10)17-15(11)18-7-8-21-14-6-2-5-13(14)18/h9,13-14H,1-8H2,(H,19,20). The van der Waals surface area contributed by atoms with Crippen molar-refractivity contribution in [3.8, 4) is 0 Å². The molecule has 2 heterocycles. The minimum absolute atomic E-state index is 0.246. The van der Waals surface area contributed by atoms with Crippen LogP contribution in [0.2, 0.25) is 0 Å². The second kappa shape index (κ2) is 4.98. The average Bonchev–Trinajstić information content (AvgIpc) is 3.13. The molecule has 0 bridgehead atoms. The van der Waals surface area contributed by atoms with Crippen molar-refractivity contribution in [2.24, 2.45) is 0 Å². The number of fused-ring (bicyclic) bond motifs is 2. The van der Waals surface area contributed by atoms with Gasteiger partial charge in [0.2, 0.25) is 0 Å². The molecule has 2 fully saturated rings. The van der Waals surface area contributed by atoms with E-state index in [1.54, 1.807) is 0 Å². The summed E-state index contributed by atoms with van der Waals surface area (Å²) in [5.41, 5.74) is 2.58. The van der Waals surface area contributed by atoms with Crippen LogP contribution in [0.25, 0.3) is 0 Å². The number of carboxylic acid groups (broad SMARTS) is 1. The van der Waals surface area contributed by atoms with Gasteiger partial charge in [-0.3, -0.25) is 0 Å². The van der Waals surface area contributed by atoms with Crippen molar-refractivity contribution >= 4 is 11.8 Å². The lowest BCUT2D eigenvalue weighted by molar-refractivity contribution is 0.0251. The van der Waals surface area contributed by atoms with Crippen molar-refractivity contribution in [3.05, 3.63) is 22.9 Å². The zero-order chi connectivity index (χ0) is 14.4. The molecular formula is C16H20N2O3. The van der Waals surface area contributed by atoms with Crippen LogP contribution in [0.3, 0.4) is 0 Å². The molecule has 1 saturated heterocycles. The van der Waals surface area contributed by atoms with Gasteiger partial charge in [0.05, 0.1) is 18.8 Å². The Balaban J connectivity index is 1.77. The number of hydrogen-bond acceptors (Lipinski definition) is 4.